The van der Waals surface area contributed by atoms with E-state index >= 15 is 0 Å². The highest BCUT2D eigenvalue weighted by Crippen LogP contribution is 2.41. The Morgan fingerprint density at radius 3 is 2.70 bits per heavy atom. The number of benzene rings is 1. The first kappa shape index (κ1) is 15.4. The number of nitriles is 1. The lowest BCUT2D eigenvalue weighted by molar-refractivity contribution is 0.113. The maximum Gasteiger partial charge on any atom is 0.0861 e. The van der Waals surface area contributed by atoms with Crippen LogP contribution in [0.5, 0.6) is 0 Å². The van der Waals surface area contributed by atoms with Gasteiger partial charge in [-0.1, -0.05) is 30.3 Å². The Balaban J connectivity index is 1.98. The van der Waals surface area contributed by atoms with Gasteiger partial charge in [-0.25, -0.2) is 0 Å². The van der Waals surface area contributed by atoms with Crippen molar-refractivity contribution in [3.8, 4) is 6.07 Å². The van der Waals surface area contributed by atoms with Crippen molar-refractivity contribution < 1.29 is 10.2 Å². The van der Waals surface area contributed by atoms with Crippen molar-refractivity contribution in [2.24, 2.45) is 5.92 Å². The molecule has 0 radical (unpaired) electrons. The molecule has 1 fully saturated rings. The molecule has 4 unspecified atom stereocenters. The van der Waals surface area contributed by atoms with Crippen molar-refractivity contribution in [3.05, 3.63) is 35.9 Å². The van der Waals surface area contributed by atoms with Crippen LogP contribution in [0.1, 0.15) is 30.7 Å². The minimum atomic E-state index is -0.684. The Kier molecular flexibility index (Phi) is 5.90. The molecule has 1 aliphatic carbocycles. The summed E-state index contributed by atoms with van der Waals surface area (Å²) < 4.78 is 0. The van der Waals surface area contributed by atoms with Crippen molar-refractivity contribution in [3.63, 3.8) is 0 Å². The van der Waals surface area contributed by atoms with Crippen molar-refractivity contribution in [1.82, 2.24) is 0 Å². The Hall–Kier alpha value is -1.02. The molecule has 4 atom stereocenters. The van der Waals surface area contributed by atoms with Crippen LogP contribution in [0.2, 0.25) is 0 Å². The molecule has 20 heavy (non-hydrogen) atoms. The molecule has 2 N–H and O–H groups in total. The van der Waals surface area contributed by atoms with Crippen LogP contribution in [0.3, 0.4) is 0 Å². The largest absolute Gasteiger partial charge is 0.394 e. The fourth-order valence-electron chi connectivity index (χ4n) is 2.78. The second-order valence-electron chi connectivity index (χ2n) is 5.36. The van der Waals surface area contributed by atoms with Crippen molar-refractivity contribution >= 4 is 11.8 Å². The molecule has 0 aromatic heterocycles. The molecule has 1 aromatic carbocycles. The summed E-state index contributed by atoms with van der Waals surface area (Å²) in [5.41, 5.74) is 1.34. The number of thioether (sulfide) groups is 1. The lowest BCUT2D eigenvalue weighted by Crippen LogP contribution is -2.27. The van der Waals surface area contributed by atoms with E-state index in [4.69, 9.17) is 5.11 Å². The Morgan fingerprint density at radius 2 is 2.05 bits per heavy atom. The average Bonchev–Trinajstić information content (AvgIpc) is 2.53. The molecule has 3 nitrogen and oxygen atoms in total. The van der Waals surface area contributed by atoms with E-state index in [-0.39, 0.29) is 17.8 Å². The summed E-state index contributed by atoms with van der Waals surface area (Å²) in [5.74, 6) is 1.07. The first-order chi connectivity index (χ1) is 9.74. The first-order valence-corrected chi connectivity index (χ1v) is 8.14. The summed E-state index contributed by atoms with van der Waals surface area (Å²) in [6, 6.07) is 12.9. The van der Waals surface area contributed by atoms with Crippen LogP contribution in [0.25, 0.3) is 0 Å². The molecule has 0 aliphatic heterocycles. The molecule has 1 aliphatic rings. The molecule has 108 valence electrons. The minimum Gasteiger partial charge on any atom is -0.394 e. The summed E-state index contributed by atoms with van der Waals surface area (Å²) in [6.45, 7) is -0.209. The number of hydrogen-bond acceptors (Lipinski definition) is 4. The van der Waals surface area contributed by atoms with Gasteiger partial charge in [-0.3, -0.25) is 0 Å². The van der Waals surface area contributed by atoms with Gasteiger partial charge in [0.2, 0.25) is 0 Å². The maximum atomic E-state index is 9.48. The highest BCUT2D eigenvalue weighted by molar-refractivity contribution is 7.99. The van der Waals surface area contributed by atoms with E-state index in [1.807, 2.05) is 6.07 Å². The van der Waals surface area contributed by atoms with E-state index in [2.05, 4.69) is 30.3 Å². The fraction of sp³-hybridized carbons (Fsp3) is 0.562. The summed E-state index contributed by atoms with van der Waals surface area (Å²) >= 11 is 1.63. The zero-order valence-corrected chi connectivity index (χ0v) is 12.3. The second kappa shape index (κ2) is 7.68. The van der Waals surface area contributed by atoms with E-state index in [0.29, 0.717) is 11.7 Å². The topological polar surface area (TPSA) is 64.2 Å². The van der Waals surface area contributed by atoms with Gasteiger partial charge in [-0.2, -0.15) is 17.0 Å². The van der Waals surface area contributed by atoms with Crippen molar-refractivity contribution in [2.75, 3.05) is 12.4 Å². The number of nitrogens with zero attached hydrogens (tertiary/aromatic N) is 1. The third-order valence-electron chi connectivity index (χ3n) is 3.94. The SMILES string of the molecule is N#CC1CCC(c2ccccc2)CC1SCC(O)CO. The summed E-state index contributed by atoms with van der Waals surface area (Å²) in [7, 11) is 0. The molecule has 0 spiro atoms. The zero-order chi connectivity index (χ0) is 14.4. The Morgan fingerprint density at radius 1 is 1.30 bits per heavy atom. The van der Waals surface area contributed by atoms with E-state index in [9.17, 15) is 10.4 Å². The van der Waals surface area contributed by atoms with E-state index in [1.54, 1.807) is 11.8 Å². The molecule has 2 rings (SSSR count). The molecule has 4 heteroatoms. The van der Waals surface area contributed by atoms with Crippen LogP contribution in [0, 0.1) is 17.2 Å². The highest BCUT2D eigenvalue weighted by atomic mass is 32.2. The molecule has 1 saturated carbocycles. The monoisotopic (exact) mass is 291 g/mol. The smallest absolute Gasteiger partial charge is 0.0861 e. The lowest BCUT2D eigenvalue weighted by Gasteiger charge is -2.33. The van der Waals surface area contributed by atoms with Gasteiger partial charge < -0.3 is 10.2 Å². The van der Waals surface area contributed by atoms with Gasteiger partial charge in [-0.15, -0.1) is 0 Å². The van der Waals surface area contributed by atoms with E-state index in [0.717, 1.165) is 19.3 Å². The molecular formula is C16H21NO2S. The van der Waals surface area contributed by atoms with Gasteiger partial charge in [-0.05, 0) is 30.7 Å². The number of aliphatic hydroxyl groups is 2. The second-order valence-corrected chi connectivity index (χ2v) is 6.64. The van der Waals surface area contributed by atoms with Gasteiger partial charge in [0.15, 0.2) is 0 Å². The summed E-state index contributed by atoms with van der Waals surface area (Å²) in [5, 5.41) is 27.9. The predicted molar refractivity (Wildman–Crippen MR) is 81.5 cm³/mol. The predicted octanol–water partition coefficient (Wildman–Crippen LogP) is 2.55. The molecule has 0 amide bonds. The third kappa shape index (κ3) is 3.99. The standard InChI is InChI=1S/C16H21NO2S/c17-9-14-7-6-13(12-4-2-1-3-5-12)8-16(14)20-11-15(19)10-18/h1-5,13-16,18-19H,6-8,10-11H2. The first-order valence-electron chi connectivity index (χ1n) is 7.09. The van der Waals surface area contributed by atoms with Gasteiger partial charge >= 0.3 is 0 Å². The van der Waals surface area contributed by atoms with Crippen LogP contribution < -0.4 is 0 Å². The van der Waals surface area contributed by atoms with Crippen molar-refractivity contribution in [1.29, 1.82) is 5.26 Å². The number of aliphatic hydroxyl groups excluding tert-OH is 2. The molecule has 0 bridgehead atoms. The number of rotatable bonds is 5. The van der Waals surface area contributed by atoms with Crippen LogP contribution in [0.4, 0.5) is 0 Å². The van der Waals surface area contributed by atoms with Crippen LogP contribution >= 0.6 is 11.8 Å². The summed E-state index contributed by atoms with van der Waals surface area (Å²) in [4.78, 5) is 0. The van der Waals surface area contributed by atoms with Gasteiger partial charge in [0.05, 0.1) is 24.7 Å². The van der Waals surface area contributed by atoms with Gasteiger partial charge in [0, 0.05) is 11.0 Å². The van der Waals surface area contributed by atoms with E-state index in [1.165, 1.54) is 5.56 Å². The third-order valence-corrected chi connectivity index (χ3v) is 5.47. The van der Waals surface area contributed by atoms with Crippen molar-refractivity contribution in [2.45, 2.75) is 36.5 Å². The van der Waals surface area contributed by atoms with Gasteiger partial charge in [0.25, 0.3) is 0 Å². The average molecular weight is 291 g/mol. The normalized spacial score (nSPS) is 27.8. The fourth-order valence-corrected chi connectivity index (χ4v) is 4.15. The summed E-state index contributed by atoms with van der Waals surface area (Å²) in [6.07, 6.45) is 2.27. The Labute approximate surface area is 124 Å². The highest BCUT2D eigenvalue weighted by Gasteiger charge is 2.31. The van der Waals surface area contributed by atoms with Crippen LogP contribution in [0.15, 0.2) is 30.3 Å². The zero-order valence-electron chi connectivity index (χ0n) is 11.5. The van der Waals surface area contributed by atoms with Crippen LogP contribution in [-0.2, 0) is 0 Å². The molecule has 0 saturated heterocycles. The lowest BCUT2D eigenvalue weighted by atomic mass is 9.79. The maximum absolute atomic E-state index is 9.48. The Bertz CT molecular complexity index is 446. The van der Waals surface area contributed by atoms with Crippen LogP contribution in [-0.4, -0.2) is 33.9 Å². The quantitative estimate of drug-likeness (QED) is 0.875. The van der Waals surface area contributed by atoms with Gasteiger partial charge in [0.1, 0.15) is 0 Å². The molecule has 1 aromatic rings. The molecule has 0 heterocycles. The van der Waals surface area contributed by atoms with E-state index < -0.39 is 6.10 Å². The number of hydrogen-bond donors (Lipinski definition) is 2. The minimum absolute atomic E-state index is 0.0610. The molecular weight excluding hydrogens is 270 g/mol.